The topological polar surface area (TPSA) is 67.0 Å². The van der Waals surface area contributed by atoms with Crippen molar-refractivity contribution in [2.24, 2.45) is 0 Å². The summed E-state index contributed by atoms with van der Waals surface area (Å²) in [5.74, 6) is 0.643. The van der Waals surface area contributed by atoms with Crippen LogP contribution >= 0.6 is 11.6 Å². The first-order valence-electron chi connectivity index (χ1n) is 7.67. The fourth-order valence-electron chi connectivity index (χ4n) is 2.57. The molecule has 0 aliphatic carbocycles. The molecule has 0 saturated heterocycles. The molecule has 0 aliphatic rings. The summed E-state index contributed by atoms with van der Waals surface area (Å²) < 4.78 is 5.31. The summed E-state index contributed by atoms with van der Waals surface area (Å²) in [5, 5.41) is 3.55. The fourth-order valence-corrected chi connectivity index (χ4v) is 2.74. The van der Waals surface area contributed by atoms with E-state index in [9.17, 15) is 4.79 Å². The number of nitrogens with zero attached hydrogens (tertiary/aromatic N) is 1. The number of carbonyl (C=O) groups excluding carboxylic acids is 1. The van der Waals surface area contributed by atoms with Gasteiger partial charge in [0.15, 0.2) is 6.10 Å². The quantitative estimate of drug-likeness (QED) is 0.722. The molecular formula is C18H18ClN3O2. The minimum atomic E-state index is -0.610. The van der Waals surface area contributed by atoms with Gasteiger partial charge in [-0.15, -0.1) is 0 Å². The number of ether oxygens (including phenoxy) is 1. The lowest BCUT2D eigenvalue weighted by molar-refractivity contribution is -0.131. The molecule has 0 aliphatic heterocycles. The largest absolute Gasteiger partial charge is 0.367 e. The van der Waals surface area contributed by atoms with Gasteiger partial charge in [-0.05, 0) is 23.8 Å². The van der Waals surface area contributed by atoms with Crippen molar-refractivity contribution in [2.45, 2.75) is 12.5 Å². The number of fused-ring (bicyclic) bond motifs is 1. The second-order valence-electron chi connectivity index (χ2n) is 5.41. The standard InChI is InChI=1S/C18H18ClN3O2/c1-24-17(12-5-3-2-4-6-12)18(23)20-10-9-16-21-14-8-7-13(19)11-15(14)22-16/h2-8,11,17H,9-10H2,1H3,(H,20,23)(H,21,22). The van der Waals surface area contributed by atoms with Crippen LogP contribution in [0.1, 0.15) is 17.5 Å². The number of benzene rings is 2. The molecule has 6 heteroatoms. The number of hydrogen-bond donors (Lipinski definition) is 2. The van der Waals surface area contributed by atoms with Crippen LogP contribution < -0.4 is 5.32 Å². The number of amides is 1. The number of halogens is 1. The van der Waals surface area contributed by atoms with Crippen LogP contribution in [0.5, 0.6) is 0 Å². The summed E-state index contributed by atoms with van der Waals surface area (Å²) in [4.78, 5) is 20.0. The van der Waals surface area contributed by atoms with Crippen molar-refractivity contribution in [3.8, 4) is 0 Å². The number of aromatic nitrogens is 2. The third kappa shape index (κ3) is 3.75. The maximum absolute atomic E-state index is 12.3. The zero-order valence-electron chi connectivity index (χ0n) is 13.3. The lowest BCUT2D eigenvalue weighted by Gasteiger charge is -2.15. The van der Waals surface area contributed by atoms with Gasteiger partial charge in [0.2, 0.25) is 0 Å². The second kappa shape index (κ2) is 7.47. The van der Waals surface area contributed by atoms with E-state index < -0.39 is 6.10 Å². The Kier molecular flexibility index (Phi) is 5.13. The maximum Gasteiger partial charge on any atom is 0.253 e. The van der Waals surface area contributed by atoms with Crippen LogP contribution in [0.25, 0.3) is 11.0 Å². The van der Waals surface area contributed by atoms with E-state index in [2.05, 4.69) is 15.3 Å². The van der Waals surface area contributed by atoms with Gasteiger partial charge in [-0.25, -0.2) is 4.98 Å². The van der Waals surface area contributed by atoms with Gasteiger partial charge in [0.05, 0.1) is 11.0 Å². The predicted octanol–water partition coefficient (Wildman–Crippen LogP) is 3.26. The van der Waals surface area contributed by atoms with Crippen LogP contribution in [-0.4, -0.2) is 29.5 Å². The van der Waals surface area contributed by atoms with Crippen molar-refractivity contribution in [1.29, 1.82) is 0 Å². The van der Waals surface area contributed by atoms with Crippen molar-refractivity contribution in [3.05, 3.63) is 64.9 Å². The summed E-state index contributed by atoms with van der Waals surface area (Å²) in [5.41, 5.74) is 2.58. The first-order chi connectivity index (χ1) is 11.7. The number of imidazole rings is 1. The van der Waals surface area contributed by atoms with Gasteiger partial charge in [-0.3, -0.25) is 4.79 Å². The van der Waals surface area contributed by atoms with Crippen LogP contribution in [0, 0.1) is 0 Å². The summed E-state index contributed by atoms with van der Waals surface area (Å²) in [6.45, 7) is 0.471. The van der Waals surface area contributed by atoms with Crippen molar-refractivity contribution in [2.75, 3.05) is 13.7 Å². The zero-order chi connectivity index (χ0) is 16.9. The van der Waals surface area contributed by atoms with E-state index in [1.165, 1.54) is 7.11 Å². The normalized spacial score (nSPS) is 12.2. The Labute approximate surface area is 145 Å². The van der Waals surface area contributed by atoms with Crippen LogP contribution in [0.2, 0.25) is 5.02 Å². The number of carbonyl (C=O) groups is 1. The minimum absolute atomic E-state index is 0.164. The van der Waals surface area contributed by atoms with E-state index in [4.69, 9.17) is 16.3 Å². The van der Waals surface area contributed by atoms with Gasteiger partial charge in [0.25, 0.3) is 5.91 Å². The molecule has 1 aromatic heterocycles. The molecule has 0 saturated carbocycles. The highest BCUT2D eigenvalue weighted by Crippen LogP contribution is 2.18. The Bertz CT molecular complexity index is 833. The Morgan fingerprint density at radius 3 is 2.83 bits per heavy atom. The van der Waals surface area contributed by atoms with Crippen molar-refractivity contribution in [1.82, 2.24) is 15.3 Å². The van der Waals surface area contributed by atoms with Gasteiger partial charge in [0.1, 0.15) is 5.82 Å². The zero-order valence-corrected chi connectivity index (χ0v) is 14.0. The Balaban J connectivity index is 1.59. The average molecular weight is 344 g/mol. The Morgan fingerprint density at radius 2 is 2.08 bits per heavy atom. The van der Waals surface area contributed by atoms with E-state index in [0.717, 1.165) is 22.4 Å². The molecule has 1 amide bonds. The Morgan fingerprint density at radius 1 is 1.29 bits per heavy atom. The Hall–Kier alpha value is -2.37. The average Bonchev–Trinajstić information content (AvgIpc) is 2.98. The van der Waals surface area contributed by atoms with Crippen LogP contribution in [-0.2, 0) is 16.0 Å². The number of methoxy groups -OCH3 is 1. The molecule has 0 fully saturated rings. The van der Waals surface area contributed by atoms with E-state index >= 15 is 0 Å². The molecule has 5 nitrogen and oxygen atoms in total. The molecule has 1 heterocycles. The van der Waals surface area contributed by atoms with Gasteiger partial charge >= 0.3 is 0 Å². The second-order valence-corrected chi connectivity index (χ2v) is 5.85. The number of rotatable bonds is 6. The molecule has 1 unspecified atom stereocenters. The van der Waals surface area contributed by atoms with Gasteiger partial charge in [-0.1, -0.05) is 41.9 Å². The number of hydrogen-bond acceptors (Lipinski definition) is 3. The predicted molar refractivity (Wildman–Crippen MR) is 94.0 cm³/mol. The van der Waals surface area contributed by atoms with Crippen LogP contribution in [0.4, 0.5) is 0 Å². The minimum Gasteiger partial charge on any atom is -0.367 e. The molecule has 2 aromatic carbocycles. The molecular weight excluding hydrogens is 326 g/mol. The maximum atomic E-state index is 12.3. The lowest BCUT2D eigenvalue weighted by atomic mass is 10.1. The summed E-state index contributed by atoms with van der Waals surface area (Å²) >= 11 is 5.96. The smallest absolute Gasteiger partial charge is 0.253 e. The molecule has 124 valence electrons. The summed E-state index contributed by atoms with van der Waals surface area (Å²) in [7, 11) is 1.53. The van der Waals surface area contributed by atoms with Crippen LogP contribution in [0.15, 0.2) is 48.5 Å². The van der Waals surface area contributed by atoms with Crippen molar-refractivity contribution in [3.63, 3.8) is 0 Å². The molecule has 0 radical (unpaired) electrons. The SMILES string of the molecule is COC(C(=O)NCCc1nc2ccc(Cl)cc2[nH]1)c1ccccc1. The number of nitrogens with one attached hydrogen (secondary N) is 2. The van der Waals surface area contributed by atoms with Crippen LogP contribution in [0.3, 0.4) is 0 Å². The monoisotopic (exact) mass is 343 g/mol. The molecule has 0 bridgehead atoms. The lowest BCUT2D eigenvalue weighted by Crippen LogP contribution is -2.32. The highest BCUT2D eigenvalue weighted by atomic mass is 35.5. The first-order valence-corrected chi connectivity index (χ1v) is 8.05. The van der Waals surface area contributed by atoms with E-state index in [-0.39, 0.29) is 5.91 Å². The van der Waals surface area contributed by atoms with Crippen molar-refractivity contribution >= 4 is 28.5 Å². The molecule has 2 N–H and O–H groups in total. The molecule has 1 atom stereocenters. The van der Waals surface area contributed by atoms with E-state index in [1.54, 1.807) is 6.07 Å². The molecule has 3 rings (SSSR count). The van der Waals surface area contributed by atoms with Gasteiger partial charge in [0, 0.05) is 25.1 Å². The third-order valence-electron chi connectivity index (χ3n) is 3.73. The molecule has 24 heavy (non-hydrogen) atoms. The number of aromatic amines is 1. The summed E-state index contributed by atoms with van der Waals surface area (Å²) in [6, 6.07) is 14.9. The highest BCUT2D eigenvalue weighted by Gasteiger charge is 2.19. The molecule has 0 spiro atoms. The fraction of sp³-hybridized carbons (Fsp3) is 0.222. The van der Waals surface area contributed by atoms with E-state index in [0.29, 0.717) is 18.0 Å². The highest BCUT2D eigenvalue weighted by molar-refractivity contribution is 6.31. The van der Waals surface area contributed by atoms with Gasteiger partial charge in [-0.2, -0.15) is 0 Å². The first kappa shape index (κ1) is 16.5. The number of H-pyrrole nitrogens is 1. The molecule has 3 aromatic rings. The summed E-state index contributed by atoms with van der Waals surface area (Å²) in [6.07, 6.45) is -0.0100. The van der Waals surface area contributed by atoms with Gasteiger partial charge < -0.3 is 15.0 Å². The van der Waals surface area contributed by atoms with Crippen molar-refractivity contribution < 1.29 is 9.53 Å². The third-order valence-corrected chi connectivity index (χ3v) is 3.97. The van der Waals surface area contributed by atoms with E-state index in [1.807, 2.05) is 42.5 Å².